The van der Waals surface area contributed by atoms with Crippen molar-refractivity contribution in [3.63, 3.8) is 0 Å². The normalized spacial score (nSPS) is 19.3. The number of amides is 4. The number of nitrogens with one attached hydrogen (secondary N) is 4. The molecule has 10 heterocycles. The monoisotopic (exact) mass is 2100 g/mol. The molecular formula is C110H133F10N13O17. The van der Waals surface area contributed by atoms with Gasteiger partial charge >= 0.3 is 36.5 Å². The Kier molecular flexibility index (Phi) is 37.9. The van der Waals surface area contributed by atoms with Gasteiger partial charge in [0.25, 0.3) is 0 Å². The summed E-state index contributed by atoms with van der Waals surface area (Å²) >= 11 is 0. The van der Waals surface area contributed by atoms with Gasteiger partial charge in [-0.05, 0) is 177 Å². The topological polar surface area (TPSA) is 348 Å². The van der Waals surface area contributed by atoms with Crippen LogP contribution in [-0.2, 0) is 87.9 Å². The van der Waals surface area contributed by atoms with Gasteiger partial charge in [-0.2, -0.15) is 26.3 Å². The van der Waals surface area contributed by atoms with Crippen molar-refractivity contribution in [1.29, 1.82) is 0 Å². The number of rotatable bonds is 38. The molecule has 0 aliphatic carbocycles. The number of piperazine rings is 2. The minimum Gasteiger partial charge on any atom is -0.469 e. The maximum Gasteiger partial charge on any atom is 0.407 e. The van der Waals surface area contributed by atoms with Crippen molar-refractivity contribution in [2.75, 3.05) is 117 Å². The number of Topliss-reactive ketones (excluding diaryl/α,β-unsaturated/α-hetero) is 2. The van der Waals surface area contributed by atoms with E-state index in [1.54, 1.807) is 96.4 Å². The van der Waals surface area contributed by atoms with Gasteiger partial charge in [0.15, 0.2) is 11.6 Å². The van der Waals surface area contributed by atoms with Gasteiger partial charge in [0.05, 0.1) is 140 Å². The number of halogens is 10. The highest BCUT2D eigenvalue weighted by Gasteiger charge is 2.58. The number of carbonyl (C=O) groups is 8. The Morgan fingerprint density at radius 1 is 0.447 bits per heavy atom. The number of alkyl halides is 6. The van der Waals surface area contributed by atoms with Gasteiger partial charge in [-0.1, -0.05) is 109 Å². The molecule has 4 bridgehead atoms. The molecule has 7 fully saturated rings. The zero-order chi connectivity index (χ0) is 109. The fraction of sp³-hybridized carbons (Fsp3) is 0.536. The van der Waals surface area contributed by atoms with Gasteiger partial charge in [0.2, 0.25) is 11.8 Å². The quantitative estimate of drug-likeness (QED) is 0.00688. The van der Waals surface area contributed by atoms with Crippen LogP contribution < -0.4 is 31.3 Å². The standard InChI is InChI=1S/C56H69F2N7O8.C54H64F8N6O9/c1-55(2,3)44(27-51(68)71-7)53(69)62-64(31-43-45(57)24-38(25-46(43)58)47-11-9-10-22-59-47)32-49(67)39(26-48(66)52(56(4,5)6)61-54(70)72-8)23-36-15-12-35(13-16-36)14-17-37-18-21-50(60-28-37)63-29-40-19-20-41(30-63)65(40)42-33-73-34-42;1-51(2,53(57,58)59)41(21-47(71)74-5)49(72)65-67(25-40-42(55)18-34(19-43(40)56)36-27-76-28-36)26-45(70)35(20-44(69)48(64-50(73)75-6)52(3,4)54(60,61)62)17-32-10-7-31(8-11-32)9-12-33-13-16-46(63-22-33)66-23-37-14-15-38(24-66)68(37)39-29-77-30-39/h9-13,15-16,18,21-22,24-25,28,39-42,44,49,52,67H,19-20,23,26-27,29-34H2,1-8H3,(H,61,70)(H,62,69);7-8,10-11,13,16,18-19,22,35-39,41,45,48,70H,14-15,17,20-21,23-30H2,1-6H3,(H,64,73)(H,65,72)/t39-,40?,41?,44-,49+,52-;35-,37?,38?,41-,45+,48-/m11/s1. The van der Waals surface area contributed by atoms with Gasteiger partial charge in [-0.25, -0.2) is 47.1 Å². The first-order chi connectivity index (χ1) is 70.9. The van der Waals surface area contributed by atoms with Crippen molar-refractivity contribution >= 4 is 59.1 Å². The average Bonchev–Trinajstić information content (AvgIpc) is 1.67. The lowest BCUT2D eigenvalue weighted by atomic mass is 9.75. The maximum atomic E-state index is 16.0. The van der Waals surface area contributed by atoms with E-state index < -0.39 is 203 Å². The molecule has 150 heavy (non-hydrogen) atoms. The Hall–Kier alpha value is -12.3. The third kappa shape index (κ3) is 29.0. The Morgan fingerprint density at radius 3 is 1.17 bits per heavy atom. The van der Waals surface area contributed by atoms with Gasteiger partial charge in [-0.3, -0.25) is 54.4 Å². The summed E-state index contributed by atoms with van der Waals surface area (Å²) in [6.45, 7) is 17.7. The van der Waals surface area contributed by atoms with Gasteiger partial charge in [0.1, 0.15) is 40.9 Å². The van der Waals surface area contributed by atoms with Crippen molar-refractivity contribution in [2.45, 2.75) is 225 Å². The van der Waals surface area contributed by atoms with E-state index in [4.69, 9.17) is 33.7 Å². The molecule has 7 aromatic rings. The number of nitrogens with zero attached hydrogens (tertiary/aromatic N) is 9. The van der Waals surface area contributed by atoms with Crippen LogP contribution in [0.1, 0.15) is 177 Å². The summed E-state index contributed by atoms with van der Waals surface area (Å²) in [6, 6.07) is 30.5. The van der Waals surface area contributed by atoms with E-state index in [1.807, 2.05) is 53.8 Å². The van der Waals surface area contributed by atoms with Crippen LogP contribution in [0.2, 0.25) is 0 Å². The van der Waals surface area contributed by atoms with Gasteiger partial charge in [-0.15, -0.1) is 0 Å². The number of pyridine rings is 3. The number of hydrogen-bond acceptors (Lipinski definition) is 26. The SMILES string of the molecule is COC(=O)C[C@H](C(=O)NN(Cc1c(F)cc(-c2ccccn2)cc1F)C[C@H](O)[C@@H](CC(=O)[C@@H](NC(=O)OC)C(C)(C)C)Cc1ccc(C#Cc2ccc(N3CC4CCC(C3)N4C3COC3)nc2)cc1)C(C)(C)C.COC(=O)C[C@H](C(=O)NN(Cc1c(F)cc(C2COC2)cc1F)C[C@H](O)[C@@H](CC(=O)[C@@H](NC(=O)OC)C(C)(C)C(F)(F)F)Cc1ccc(C#Cc2ccc(N3CC4CCC(C3)N4C3COC3)nc2)cc1)C(C)(C)C(F)(F)F. The molecule has 40 heteroatoms. The Labute approximate surface area is 866 Å². The Bertz CT molecular complexity index is 5930. The van der Waals surface area contributed by atoms with E-state index in [1.165, 1.54) is 38.3 Å². The van der Waals surface area contributed by atoms with Crippen molar-refractivity contribution in [2.24, 2.45) is 45.3 Å². The summed E-state index contributed by atoms with van der Waals surface area (Å²) < 4.78 is 186. The molecule has 6 N–H and O–H groups in total. The summed E-state index contributed by atoms with van der Waals surface area (Å²) in [7, 11) is 4.18. The number of aromatic nitrogens is 3. The van der Waals surface area contributed by atoms with Gasteiger partial charge in [0, 0.05) is 153 Å². The fourth-order valence-corrected chi connectivity index (χ4v) is 20.2. The third-order valence-electron chi connectivity index (χ3n) is 29.7. The van der Waals surface area contributed by atoms with Crippen molar-refractivity contribution in [3.05, 3.63) is 207 Å². The lowest BCUT2D eigenvalue weighted by Crippen LogP contribution is -2.62. The van der Waals surface area contributed by atoms with E-state index in [-0.39, 0.29) is 55.9 Å². The highest BCUT2D eigenvalue weighted by atomic mass is 19.4. The zero-order valence-electron chi connectivity index (χ0n) is 86.7. The first-order valence-electron chi connectivity index (χ1n) is 50.2. The van der Waals surface area contributed by atoms with E-state index in [0.717, 1.165) is 132 Å². The molecule has 7 aliphatic heterocycles. The summed E-state index contributed by atoms with van der Waals surface area (Å²) in [5, 5.41) is 30.9. The van der Waals surface area contributed by atoms with Crippen LogP contribution in [0.25, 0.3) is 11.3 Å². The van der Waals surface area contributed by atoms with E-state index in [0.29, 0.717) is 91.3 Å². The molecule has 7 aliphatic rings. The van der Waals surface area contributed by atoms with Crippen LogP contribution in [0.15, 0.2) is 134 Å². The number of hydrazine groups is 2. The molecular weight excluding hydrogens is 1970 g/mol. The predicted molar refractivity (Wildman–Crippen MR) is 534 cm³/mol. The van der Waals surface area contributed by atoms with Crippen molar-refractivity contribution in [3.8, 4) is 34.9 Å². The molecule has 0 radical (unpaired) electrons. The number of esters is 2. The van der Waals surface area contributed by atoms with Crippen LogP contribution in [0, 0.1) is 92.3 Å². The number of carbonyl (C=O) groups excluding carboxylic acids is 8. The number of alkyl carbamates (subject to hydrolysis) is 2. The van der Waals surface area contributed by atoms with Crippen LogP contribution in [-0.4, -0.2) is 273 Å². The number of ketones is 2. The van der Waals surface area contributed by atoms with Crippen molar-refractivity contribution in [1.82, 2.24) is 56.3 Å². The minimum absolute atomic E-state index is 0.141. The maximum absolute atomic E-state index is 16.0. The van der Waals surface area contributed by atoms with Gasteiger partial charge < -0.3 is 63.8 Å². The molecule has 14 rings (SSSR count). The zero-order valence-corrected chi connectivity index (χ0v) is 86.7. The lowest BCUT2D eigenvalue weighted by molar-refractivity contribution is -0.231. The molecule has 3 aromatic heterocycles. The highest BCUT2D eigenvalue weighted by molar-refractivity contribution is 5.90. The van der Waals surface area contributed by atoms with Crippen LogP contribution >= 0.6 is 0 Å². The number of methoxy groups -OCH3 is 4. The molecule has 810 valence electrons. The molecule has 0 saturated carbocycles. The van der Waals surface area contributed by atoms with Crippen LogP contribution in [0.5, 0.6) is 0 Å². The number of aliphatic hydroxyl groups excluding tert-OH is 2. The number of aliphatic hydroxyl groups is 2. The van der Waals surface area contributed by atoms with Crippen LogP contribution in [0.3, 0.4) is 0 Å². The number of benzene rings is 4. The predicted octanol–water partition coefficient (Wildman–Crippen LogP) is 13.9. The van der Waals surface area contributed by atoms with E-state index in [9.17, 15) is 74.9 Å². The number of ether oxygens (including phenoxy) is 7. The molecule has 12 atom stereocenters. The Balaban J connectivity index is 0.000000250. The molecule has 30 nitrogen and oxygen atoms in total. The molecule has 4 unspecified atom stereocenters. The summed E-state index contributed by atoms with van der Waals surface area (Å²) in [6.07, 6.45) is -8.78. The second-order valence-corrected chi connectivity index (χ2v) is 43.0. The van der Waals surface area contributed by atoms with E-state index >= 15 is 17.6 Å². The third-order valence-corrected chi connectivity index (χ3v) is 29.7. The smallest absolute Gasteiger partial charge is 0.407 e. The number of fused-ring (bicyclic) bond motifs is 4. The largest absolute Gasteiger partial charge is 0.469 e. The molecule has 4 amide bonds. The van der Waals surface area contributed by atoms with Crippen LogP contribution in [0.4, 0.5) is 65.1 Å². The average molecular weight is 2100 g/mol. The lowest BCUT2D eigenvalue weighted by Gasteiger charge is -2.47. The minimum atomic E-state index is -5.09. The summed E-state index contributed by atoms with van der Waals surface area (Å²) in [5.74, 6) is -1.14. The number of anilines is 2. The first-order valence-corrected chi connectivity index (χ1v) is 50.2. The molecule has 0 spiro atoms. The number of hydrogen-bond donors (Lipinski definition) is 6. The second-order valence-electron chi connectivity index (χ2n) is 43.0. The fourth-order valence-electron chi connectivity index (χ4n) is 20.2. The Morgan fingerprint density at radius 2 is 0.827 bits per heavy atom. The molecule has 7 saturated heterocycles. The summed E-state index contributed by atoms with van der Waals surface area (Å²) in [5.41, 5.74) is 1.02. The highest BCUT2D eigenvalue weighted by Crippen LogP contribution is 2.47. The summed E-state index contributed by atoms with van der Waals surface area (Å²) in [4.78, 5) is 130. The second kappa shape index (κ2) is 49.4. The molecule has 4 aromatic carbocycles. The van der Waals surface area contributed by atoms with E-state index in [2.05, 4.69) is 73.9 Å². The van der Waals surface area contributed by atoms with Crippen molar-refractivity contribution < 1.29 is 126 Å². The first kappa shape index (κ1) is 115.